The fraction of sp³-hybridized carbons (Fsp3) is 0.950. The third-order valence-electron chi connectivity index (χ3n) is 5.11. The number of hydrogen-bond acceptors (Lipinski definition) is 3. The molecular weight excluding hydrogens is 310 g/mol. The summed E-state index contributed by atoms with van der Waals surface area (Å²) in [5, 5.41) is 6.91. The standard InChI is InChI=1S/C20H43N5/c1-7-21-20(22-12-10-14-25(17(3)4)18(5)6)23-15-19-11-9-13-24(8-2)16-19/h17-19H,7-16H2,1-6H3,(H2,21,22,23). The van der Waals surface area contributed by atoms with Gasteiger partial charge in [-0.25, -0.2) is 0 Å². The molecule has 1 aliphatic heterocycles. The third kappa shape index (κ3) is 8.91. The summed E-state index contributed by atoms with van der Waals surface area (Å²) in [4.78, 5) is 9.95. The zero-order valence-electron chi connectivity index (χ0n) is 17.6. The summed E-state index contributed by atoms with van der Waals surface area (Å²) >= 11 is 0. The molecule has 0 saturated carbocycles. The summed E-state index contributed by atoms with van der Waals surface area (Å²) < 4.78 is 0. The predicted octanol–water partition coefficient (Wildman–Crippen LogP) is 2.78. The lowest BCUT2D eigenvalue weighted by molar-refractivity contribution is 0.173. The highest BCUT2D eigenvalue weighted by Crippen LogP contribution is 2.16. The molecule has 1 heterocycles. The number of rotatable bonds is 10. The zero-order chi connectivity index (χ0) is 18.7. The van der Waals surface area contributed by atoms with Crippen LogP contribution in [0, 0.1) is 5.92 Å². The Bertz CT molecular complexity index is 359. The number of guanidine groups is 1. The molecule has 1 rings (SSSR count). The van der Waals surface area contributed by atoms with Gasteiger partial charge in [-0.05, 0) is 72.9 Å². The van der Waals surface area contributed by atoms with Crippen molar-refractivity contribution in [3.8, 4) is 0 Å². The van der Waals surface area contributed by atoms with Gasteiger partial charge in [-0.3, -0.25) is 9.89 Å². The molecule has 0 aromatic rings. The van der Waals surface area contributed by atoms with Crippen molar-refractivity contribution < 1.29 is 0 Å². The van der Waals surface area contributed by atoms with Gasteiger partial charge in [0.15, 0.2) is 5.96 Å². The summed E-state index contributed by atoms with van der Waals surface area (Å²) in [6.07, 6.45) is 3.78. The Balaban J connectivity index is 2.37. The second kappa shape index (κ2) is 12.5. The topological polar surface area (TPSA) is 42.9 Å². The largest absolute Gasteiger partial charge is 0.357 e. The van der Waals surface area contributed by atoms with Crippen LogP contribution < -0.4 is 10.6 Å². The van der Waals surface area contributed by atoms with Gasteiger partial charge < -0.3 is 15.5 Å². The fourth-order valence-corrected chi connectivity index (χ4v) is 3.73. The molecule has 148 valence electrons. The van der Waals surface area contributed by atoms with Crippen molar-refractivity contribution >= 4 is 5.96 Å². The molecule has 1 atom stereocenters. The summed E-state index contributed by atoms with van der Waals surface area (Å²) in [5.41, 5.74) is 0. The van der Waals surface area contributed by atoms with Gasteiger partial charge in [-0.15, -0.1) is 0 Å². The molecule has 1 unspecified atom stereocenters. The molecule has 1 aliphatic rings. The fourth-order valence-electron chi connectivity index (χ4n) is 3.73. The first-order valence-corrected chi connectivity index (χ1v) is 10.5. The molecule has 0 bridgehead atoms. The van der Waals surface area contributed by atoms with E-state index in [-0.39, 0.29) is 0 Å². The van der Waals surface area contributed by atoms with Gasteiger partial charge in [0, 0.05) is 44.8 Å². The number of likely N-dealkylation sites (tertiary alicyclic amines) is 1. The molecule has 25 heavy (non-hydrogen) atoms. The minimum atomic E-state index is 0.606. The van der Waals surface area contributed by atoms with Gasteiger partial charge in [0.1, 0.15) is 0 Å². The number of hydrogen-bond donors (Lipinski definition) is 2. The van der Waals surface area contributed by atoms with Gasteiger partial charge in [0.05, 0.1) is 0 Å². The van der Waals surface area contributed by atoms with Crippen molar-refractivity contribution in [3.05, 3.63) is 0 Å². The van der Waals surface area contributed by atoms with Crippen molar-refractivity contribution in [2.24, 2.45) is 10.9 Å². The van der Waals surface area contributed by atoms with Gasteiger partial charge >= 0.3 is 0 Å². The normalized spacial score (nSPS) is 19.9. The Morgan fingerprint density at radius 3 is 2.48 bits per heavy atom. The lowest BCUT2D eigenvalue weighted by atomic mass is 9.98. The maximum Gasteiger partial charge on any atom is 0.191 e. The van der Waals surface area contributed by atoms with E-state index in [0.29, 0.717) is 18.0 Å². The van der Waals surface area contributed by atoms with Gasteiger partial charge in [-0.2, -0.15) is 0 Å². The Morgan fingerprint density at radius 2 is 1.88 bits per heavy atom. The highest BCUT2D eigenvalue weighted by atomic mass is 15.2. The number of nitrogens with zero attached hydrogens (tertiary/aromatic N) is 3. The SMILES string of the molecule is CCNC(=NCC1CCCN(CC)C1)NCCCN(C(C)C)C(C)C. The minimum Gasteiger partial charge on any atom is -0.357 e. The zero-order valence-corrected chi connectivity index (χ0v) is 17.6. The number of nitrogens with one attached hydrogen (secondary N) is 2. The monoisotopic (exact) mass is 353 g/mol. The molecular formula is C20H43N5. The van der Waals surface area contributed by atoms with Crippen molar-refractivity contribution in [2.45, 2.75) is 72.9 Å². The highest BCUT2D eigenvalue weighted by Gasteiger charge is 2.18. The van der Waals surface area contributed by atoms with Crippen molar-refractivity contribution in [3.63, 3.8) is 0 Å². The lowest BCUT2D eigenvalue weighted by Crippen LogP contribution is -2.42. The molecule has 1 saturated heterocycles. The van der Waals surface area contributed by atoms with E-state index in [4.69, 9.17) is 4.99 Å². The van der Waals surface area contributed by atoms with Crippen LogP contribution >= 0.6 is 0 Å². The van der Waals surface area contributed by atoms with Gasteiger partial charge in [0.25, 0.3) is 0 Å². The third-order valence-corrected chi connectivity index (χ3v) is 5.11. The Morgan fingerprint density at radius 1 is 1.16 bits per heavy atom. The molecule has 0 aromatic carbocycles. The van der Waals surface area contributed by atoms with Crippen LogP contribution in [0.5, 0.6) is 0 Å². The summed E-state index contributed by atoms with van der Waals surface area (Å²) in [6, 6.07) is 1.21. The molecule has 1 fully saturated rings. The molecule has 0 amide bonds. The van der Waals surface area contributed by atoms with Crippen LogP contribution in [0.1, 0.15) is 60.8 Å². The van der Waals surface area contributed by atoms with E-state index in [1.54, 1.807) is 0 Å². The molecule has 2 N–H and O–H groups in total. The molecule has 0 aliphatic carbocycles. The van der Waals surface area contributed by atoms with E-state index in [0.717, 1.165) is 38.6 Å². The summed E-state index contributed by atoms with van der Waals surface area (Å²) in [7, 11) is 0. The maximum atomic E-state index is 4.85. The van der Waals surface area contributed by atoms with Crippen LogP contribution in [-0.2, 0) is 0 Å². The van der Waals surface area contributed by atoms with E-state index in [9.17, 15) is 0 Å². The average molecular weight is 354 g/mol. The van der Waals surface area contributed by atoms with Crippen molar-refractivity contribution in [1.82, 2.24) is 20.4 Å². The molecule has 0 spiro atoms. The van der Waals surface area contributed by atoms with Gasteiger partial charge in [0.2, 0.25) is 0 Å². The smallest absolute Gasteiger partial charge is 0.191 e. The number of piperidine rings is 1. The first kappa shape index (κ1) is 22.2. The van der Waals surface area contributed by atoms with Crippen LogP contribution in [0.3, 0.4) is 0 Å². The molecule has 5 heteroatoms. The van der Waals surface area contributed by atoms with Crippen LogP contribution in [-0.4, -0.2) is 73.7 Å². The lowest BCUT2D eigenvalue weighted by Gasteiger charge is -2.31. The molecule has 0 radical (unpaired) electrons. The van der Waals surface area contributed by atoms with Crippen LogP contribution in [0.2, 0.25) is 0 Å². The Hall–Kier alpha value is -0.810. The molecule has 5 nitrogen and oxygen atoms in total. The first-order valence-electron chi connectivity index (χ1n) is 10.5. The van der Waals surface area contributed by atoms with E-state index in [1.807, 2.05) is 0 Å². The van der Waals surface area contributed by atoms with Crippen LogP contribution in [0.25, 0.3) is 0 Å². The first-order chi connectivity index (χ1) is 12.0. The second-order valence-electron chi connectivity index (χ2n) is 7.83. The van der Waals surface area contributed by atoms with E-state index >= 15 is 0 Å². The van der Waals surface area contributed by atoms with E-state index in [1.165, 1.54) is 32.5 Å². The van der Waals surface area contributed by atoms with Crippen LogP contribution in [0.4, 0.5) is 0 Å². The van der Waals surface area contributed by atoms with Crippen molar-refractivity contribution in [1.29, 1.82) is 0 Å². The van der Waals surface area contributed by atoms with Crippen LogP contribution in [0.15, 0.2) is 4.99 Å². The van der Waals surface area contributed by atoms with E-state index in [2.05, 4.69) is 62.0 Å². The van der Waals surface area contributed by atoms with Crippen molar-refractivity contribution in [2.75, 3.05) is 45.8 Å². The minimum absolute atomic E-state index is 0.606. The molecule has 0 aromatic heterocycles. The second-order valence-corrected chi connectivity index (χ2v) is 7.83. The van der Waals surface area contributed by atoms with Gasteiger partial charge in [-0.1, -0.05) is 6.92 Å². The number of aliphatic imine (C=N–C) groups is 1. The highest BCUT2D eigenvalue weighted by molar-refractivity contribution is 5.79. The quantitative estimate of drug-likeness (QED) is 0.360. The van der Waals surface area contributed by atoms with E-state index < -0.39 is 0 Å². The Kier molecular flexibility index (Phi) is 11.1. The summed E-state index contributed by atoms with van der Waals surface area (Å²) in [6.45, 7) is 21.1. The predicted molar refractivity (Wildman–Crippen MR) is 110 cm³/mol. The maximum absolute atomic E-state index is 4.85. The Labute approximate surface area is 156 Å². The average Bonchev–Trinajstić information content (AvgIpc) is 2.58. The summed E-state index contributed by atoms with van der Waals surface area (Å²) in [5.74, 6) is 1.69.